The maximum Gasteiger partial charge on any atom is 0.407 e. The average Bonchev–Trinajstić information content (AvgIpc) is 2.44. The van der Waals surface area contributed by atoms with Gasteiger partial charge in [0.15, 0.2) is 0 Å². The molecule has 4 nitrogen and oxygen atoms in total. The van der Waals surface area contributed by atoms with E-state index < -0.39 is 0 Å². The van der Waals surface area contributed by atoms with Crippen molar-refractivity contribution in [1.82, 2.24) is 5.32 Å². The number of nitrogens with one attached hydrogen (secondary N) is 1. The number of hydrogen-bond acceptors (Lipinski definition) is 3. The van der Waals surface area contributed by atoms with Gasteiger partial charge in [-0.05, 0) is 30.0 Å². The quantitative estimate of drug-likeness (QED) is 0.742. The molecule has 4 heteroatoms. The van der Waals surface area contributed by atoms with Gasteiger partial charge in [0.2, 0.25) is 0 Å². The monoisotopic (exact) mass is 277 g/mol. The molecule has 0 saturated carbocycles. The highest BCUT2D eigenvalue weighted by Gasteiger charge is 2.03. The van der Waals surface area contributed by atoms with Crippen LogP contribution in [0.3, 0.4) is 0 Å². The SMILES string of the molecule is C=CCOc1ccc(CCNC(=O)OCC(C)C)cc1. The van der Waals surface area contributed by atoms with Crippen LogP contribution in [-0.2, 0) is 11.2 Å². The molecule has 0 fully saturated rings. The minimum absolute atomic E-state index is 0.351. The summed E-state index contributed by atoms with van der Waals surface area (Å²) in [7, 11) is 0. The van der Waals surface area contributed by atoms with Crippen molar-refractivity contribution >= 4 is 6.09 Å². The number of hydrogen-bond donors (Lipinski definition) is 1. The minimum atomic E-state index is -0.357. The summed E-state index contributed by atoms with van der Waals surface area (Å²) in [6.07, 6.45) is 2.11. The summed E-state index contributed by atoms with van der Waals surface area (Å²) in [5, 5.41) is 2.73. The van der Waals surface area contributed by atoms with Crippen molar-refractivity contribution in [2.75, 3.05) is 19.8 Å². The van der Waals surface area contributed by atoms with Gasteiger partial charge in [-0.2, -0.15) is 0 Å². The smallest absolute Gasteiger partial charge is 0.407 e. The van der Waals surface area contributed by atoms with Gasteiger partial charge in [-0.25, -0.2) is 4.79 Å². The van der Waals surface area contributed by atoms with Gasteiger partial charge >= 0.3 is 6.09 Å². The molecule has 0 unspecified atom stereocenters. The number of amides is 1. The number of carbonyl (C=O) groups excluding carboxylic acids is 1. The molecule has 0 atom stereocenters. The molecule has 1 rings (SSSR count). The third-order valence-corrected chi connectivity index (χ3v) is 2.52. The Bertz CT molecular complexity index is 412. The standard InChI is InChI=1S/C16H23NO3/c1-4-11-19-15-7-5-14(6-8-15)9-10-17-16(18)20-12-13(2)3/h4-8,13H,1,9-12H2,2-3H3,(H,17,18). The van der Waals surface area contributed by atoms with E-state index in [1.165, 1.54) is 0 Å². The Morgan fingerprint density at radius 1 is 1.35 bits per heavy atom. The molecule has 1 aromatic rings. The Morgan fingerprint density at radius 2 is 2.05 bits per heavy atom. The molecule has 1 aromatic carbocycles. The lowest BCUT2D eigenvalue weighted by atomic mass is 10.1. The van der Waals surface area contributed by atoms with Crippen LogP contribution in [0.25, 0.3) is 0 Å². The van der Waals surface area contributed by atoms with Crippen molar-refractivity contribution in [2.45, 2.75) is 20.3 Å². The lowest BCUT2D eigenvalue weighted by Crippen LogP contribution is -2.27. The number of benzene rings is 1. The second-order valence-corrected chi connectivity index (χ2v) is 4.91. The fourth-order valence-electron chi connectivity index (χ4n) is 1.51. The zero-order valence-electron chi connectivity index (χ0n) is 12.2. The highest BCUT2D eigenvalue weighted by molar-refractivity contribution is 5.67. The molecule has 0 heterocycles. The fourth-order valence-corrected chi connectivity index (χ4v) is 1.51. The van der Waals surface area contributed by atoms with Gasteiger partial charge in [0, 0.05) is 6.54 Å². The molecule has 0 bridgehead atoms. The van der Waals surface area contributed by atoms with E-state index in [4.69, 9.17) is 9.47 Å². The van der Waals surface area contributed by atoms with Crippen molar-refractivity contribution in [3.8, 4) is 5.75 Å². The van der Waals surface area contributed by atoms with Gasteiger partial charge in [-0.15, -0.1) is 0 Å². The van der Waals surface area contributed by atoms with Crippen LogP contribution in [-0.4, -0.2) is 25.9 Å². The van der Waals surface area contributed by atoms with E-state index in [-0.39, 0.29) is 6.09 Å². The maximum atomic E-state index is 11.3. The van der Waals surface area contributed by atoms with E-state index in [1.807, 2.05) is 38.1 Å². The van der Waals surface area contributed by atoms with Gasteiger partial charge in [0.25, 0.3) is 0 Å². The molecule has 0 radical (unpaired) electrons. The van der Waals surface area contributed by atoms with Crippen LogP contribution in [0.1, 0.15) is 19.4 Å². The van der Waals surface area contributed by atoms with Crippen LogP contribution >= 0.6 is 0 Å². The maximum absolute atomic E-state index is 11.3. The van der Waals surface area contributed by atoms with Crippen molar-refractivity contribution in [2.24, 2.45) is 5.92 Å². The lowest BCUT2D eigenvalue weighted by molar-refractivity contribution is 0.133. The van der Waals surface area contributed by atoms with Crippen molar-refractivity contribution in [3.05, 3.63) is 42.5 Å². The number of rotatable bonds is 8. The molecule has 0 aliphatic heterocycles. The number of ether oxygens (including phenoxy) is 2. The largest absolute Gasteiger partial charge is 0.490 e. The van der Waals surface area contributed by atoms with Gasteiger partial charge in [0.1, 0.15) is 12.4 Å². The average molecular weight is 277 g/mol. The molecule has 0 spiro atoms. The van der Waals surface area contributed by atoms with Crippen LogP contribution in [0.15, 0.2) is 36.9 Å². The molecule has 110 valence electrons. The fraction of sp³-hybridized carbons (Fsp3) is 0.438. The van der Waals surface area contributed by atoms with Crippen LogP contribution in [0.4, 0.5) is 4.79 Å². The Morgan fingerprint density at radius 3 is 2.65 bits per heavy atom. The third-order valence-electron chi connectivity index (χ3n) is 2.52. The second kappa shape index (κ2) is 9.02. The van der Waals surface area contributed by atoms with Crippen molar-refractivity contribution in [1.29, 1.82) is 0 Å². The Labute approximate surface area is 120 Å². The molecule has 0 aliphatic carbocycles. The molecule has 1 N–H and O–H groups in total. The summed E-state index contributed by atoms with van der Waals surface area (Å²) < 4.78 is 10.4. The van der Waals surface area contributed by atoms with Crippen LogP contribution in [0, 0.1) is 5.92 Å². The van der Waals surface area contributed by atoms with Gasteiger partial charge in [-0.3, -0.25) is 0 Å². The summed E-state index contributed by atoms with van der Waals surface area (Å²) in [5.41, 5.74) is 1.14. The Balaban J connectivity index is 2.24. The van der Waals surface area contributed by atoms with E-state index in [1.54, 1.807) is 6.08 Å². The number of alkyl carbamates (subject to hydrolysis) is 1. The summed E-state index contributed by atoms with van der Waals surface area (Å²) in [6, 6.07) is 7.80. The van der Waals surface area contributed by atoms with Crippen LogP contribution < -0.4 is 10.1 Å². The number of carbonyl (C=O) groups is 1. The molecule has 0 aliphatic rings. The van der Waals surface area contributed by atoms with E-state index in [2.05, 4.69) is 11.9 Å². The van der Waals surface area contributed by atoms with E-state index in [9.17, 15) is 4.79 Å². The minimum Gasteiger partial charge on any atom is -0.490 e. The zero-order valence-corrected chi connectivity index (χ0v) is 12.2. The molecular weight excluding hydrogens is 254 g/mol. The Kier molecular flexibility index (Phi) is 7.25. The first-order chi connectivity index (χ1) is 9.61. The summed E-state index contributed by atoms with van der Waals surface area (Å²) in [6.45, 7) is 9.11. The van der Waals surface area contributed by atoms with Gasteiger partial charge in [0.05, 0.1) is 6.61 Å². The molecular formula is C16H23NO3. The normalized spacial score (nSPS) is 10.2. The topological polar surface area (TPSA) is 47.6 Å². The van der Waals surface area contributed by atoms with Crippen LogP contribution in [0.2, 0.25) is 0 Å². The highest BCUT2D eigenvalue weighted by Crippen LogP contribution is 2.12. The first kappa shape index (κ1) is 16.1. The predicted molar refractivity (Wildman–Crippen MR) is 80.0 cm³/mol. The molecule has 0 aromatic heterocycles. The first-order valence-corrected chi connectivity index (χ1v) is 6.85. The van der Waals surface area contributed by atoms with E-state index in [0.717, 1.165) is 17.7 Å². The molecule has 0 saturated heterocycles. The summed E-state index contributed by atoms with van der Waals surface area (Å²) >= 11 is 0. The predicted octanol–water partition coefficient (Wildman–Crippen LogP) is 3.18. The highest BCUT2D eigenvalue weighted by atomic mass is 16.5. The van der Waals surface area contributed by atoms with Crippen molar-refractivity contribution in [3.63, 3.8) is 0 Å². The zero-order chi connectivity index (χ0) is 14.8. The molecule has 20 heavy (non-hydrogen) atoms. The third kappa shape index (κ3) is 6.83. The van der Waals surface area contributed by atoms with E-state index in [0.29, 0.717) is 25.7 Å². The Hall–Kier alpha value is -1.97. The van der Waals surface area contributed by atoms with E-state index >= 15 is 0 Å². The summed E-state index contributed by atoms with van der Waals surface area (Å²) in [4.78, 5) is 11.3. The van der Waals surface area contributed by atoms with Crippen molar-refractivity contribution < 1.29 is 14.3 Å². The molecule has 1 amide bonds. The first-order valence-electron chi connectivity index (χ1n) is 6.85. The van der Waals surface area contributed by atoms with Gasteiger partial charge in [-0.1, -0.05) is 38.6 Å². The summed E-state index contributed by atoms with van der Waals surface area (Å²) in [5.74, 6) is 1.17. The van der Waals surface area contributed by atoms with Gasteiger partial charge < -0.3 is 14.8 Å². The van der Waals surface area contributed by atoms with Crippen LogP contribution in [0.5, 0.6) is 5.75 Å². The second-order valence-electron chi connectivity index (χ2n) is 4.91. The lowest BCUT2D eigenvalue weighted by Gasteiger charge is -2.09.